The summed E-state index contributed by atoms with van der Waals surface area (Å²) in [5, 5.41) is 0. The molecule has 0 amide bonds. The van der Waals surface area contributed by atoms with E-state index in [9.17, 15) is 8.42 Å². The largest absolute Gasteiger partial charge is 0.475 e. The molecule has 1 aromatic rings. The van der Waals surface area contributed by atoms with Crippen LogP contribution in [0.25, 0.3) is 0 Å². The van der Waals surface area contributed by atoms with E-state index in [-0.39, 0.29) is 0 Å². The van der Waals surface area contributed by atoms with E-state index in [1.165, 1.54) is 0 Å². The summed E-state index contributed by atoms with van der Waals surface area (Å²) in [6, 6.07) is 8.40. The quantitative estimate of drug-likeness (QED) is 0.716. The van der Waals surface area contributed by atoms with E-state index in [1.807, 2.05) is 0 Å². The first-order valence-electron chi connectivity index (χ1n) is 3.21. The predicted octanol–water partition coefficient (Wildman–Crippen LogP) is 0.911. The van der Waals surface area contributed by atoms with Crippen molar-refractivity contribution in [3.63, 3.8) is 0 Å². The zero-order valence-electron chi connectivity index (χ0n) is 6.17. The minimum absolute atomic E-state index is 0.412. The molecule has 0 bridgehead atoms. The molecule has 1 aromatic carbocycles. The summed E-state index contributed by atoms with van der Waals surface area (Å²) < 4.78 is 33.5. The van der Waals surface area contributed by atoms with Crippen molar-refractivity contribution in [3.8, 4) is 5.75 Å². The van der Waals surface area contributed by atoms with Crippen LogP contribution in [0.1, 0.15) is 0 Å². The van der Waals surface area contributed by atoms with Crippen LogP contribution in [0.15, 0.2) is 30.3 Å². The number of rotatable bonds is 3. The highest BCUT2D eigenvalue weighted by Crippen LogP contribution is 2.08. The number of benzene rings is 1. The monoisotopic (exact) mass is 188 g/mol. The van der Waals surface area contributed by atoms with Crippen LogP contribution in [-0.4, -0.2) is 18.9 Å². The van der Waals surface area contributed by atoms with Gasteiger partial charge < -0.3 is 4.74 Å². The van der Waals surface area contributed by atoms with E-state index >= 15 is 0 Å². The maximum Gasteiger partial charge on any atom is 0.300 e. The lowest BCUT2D eigenvalue weighted by Crippen LogP contribution is -2.10. The van der Waals surface area contributed by atoms with Gasteiger partial charge in [-0.25, -0.2) is 0 Å². The average Bonchev–Trinajstić information content (AvgIpc) is 2.02. The topological polar surface area (TPSA) is 63.6 Å². The molecule has 0 aliphatic rings. The van der Waals surface area contributed by atoms with Crippen LogP contribution in [0.2, 0.25) is 0 Å². The molecule has 0 aliphatic heterocycles. The molecule has 0 saturated carbocycles. The van der Waals surface area contributed by atoms with Crippen molar-refractivity contribution in [1.29, 1.82) is 0 Å². The van der Waals surface area contributed by atoms with Crippen LogP contribution in [0, 0.1) is 0 Å². The lowest BCUT2D eigenvalue weighted by atomic mass is 10.3. The summed E-state index contributed by atoms with van der Waals surface area (Å²) >= 11 is 0. The minimum atomic E-state index is -4.04. The molecule has 0 aromatic heterocycles. The Kier molecular flexibility index (Phi) is 2.67. The van der Waals surface area contributed by atoms with Gasteiger partial charge in [0.2, 0.25) is 5.94 Å². The molecule has 0 radical (unpaired) electrons. The van der Waals surface area contributed by atoms with Gasteiger partial charge in [0.1, 0.15) is 5.75 Å². The SMILES string of the molecule is O=S(=O)(O)COc1ccccc1. The fraction of sp³-hybridized carbons (Fsp3) is 0.143. The molecule has 1 rings (SSSR count). The Balaban J connectivity index is 2.56. The predicted molar refractivity (Wildman–Crippen MR) is 43.5 cm³/mol. The van der Waals surface area contributed by atoms with Crippen LogP contribution in [0.3, 0.4) is 0 Å². The Morgan fingerprint density at radius 3 is 2.33 bits per heavy atom. The van der Waals surface area contributed by atoms with Crippen molar-refractivity contribution in [1.82, 2.24) is 0 Å². The van der Waals surface area contributed by atoms with Gasteiger partial charge in [-0.1, -0.05) is 18.2 Å². The number of hydrogen-bond donors (Lipinski definition) is 1. The second-order valence-electron chi connectivity index (χ2n) is 2.16. The molecule has 4 nitrogen and oxygen atoms in total. The van der Waals surface area contributed by atoms with Crippen LogP contribution < -0.4 is 4.74 Å². The highest BCUT2D eigenvalue weighted by atomic mass is 32.2. The molecule has 1 N–H and O–H groups in total. The van der Waals surface area contributed by atoms with E-state index in [2.05, 4.69) is 0 Å². The molecule has 5 heteroatoms. The summed E-state index contributed by atoms with van der Waals surface area (Å²) in [5.41, 5.74) is 0. The van der Waals surface area contributed by atoms with E-state index in [4.69, 9.17) is 9.29 Å². The average molecular weight is 188 g/mol. The number of para-hydroxylation sites is 1. The molecular formula is C7H8O4S. The fourth-order valence-electron chi connectivity index (χ4n) is 0.659. The first kappa shape index (κ1) is 9.02. The highest BCUT2D eigenvalue weighted by molar-refractivity contribution is 7.85. The van der Waals surface area contributed by atoms with Crippen LogP contribution in [-0.2, 0) is 10.1 Å². The van der Waals surface area contributed by atoms with Gasteiger partial charge in [0.25, 0.3) is 0 Å². The zero-order valence-corrected chi connectivity index (χ0v) is 6.99. The van der Waals surface area contributed by atoms with Gasteiger partial charge in [-0.2, -0.15) is 8.42 Å². The second-order valence-corrected chi connectivity index (χ2v) is 3.56. The van der Waals surface area contributed by atoms with Gasteiger partial charge in [-0.3, -0.25) is 4.55 Å². The normalized spacial score (nSPS) is 11.1. The number of hydrogen-bond acceptors (Lipinski definition) is 3. The Hall–Kier alpha value is -1.07. The van der Waals surface area contributed by atoms with Gasteiger partial charge in [0, 0.05) is 0 Å². The fourth-order valence-corrected chi connectivity index (χ4v) is 0.944. The molecule has 0 fully saturated rings. The molecule has 66 valence electrons. The van der Waals surface area contributed by atoms with Gasteiger partial charge in [0.05, 0.1) is 0 Å². The van der Waals surface area contributed by atoms with Crippen molar-refractivity contribution >= 4 is 10.1 Å². The molecule has 0 aliphatic carbocycles. The Bertz CT molecular complexity index is 330. The van der Waals surface area contributed by atoms with E-state index in [1.54, 1.807) is 30.3 Å². The minimum Gasteiger partial charge on any atom is -0.475 e. The smallest absolute Gasteiger partial charge is 0.300 e. The highest BCUT2D eigenvalue weighted by Gasteiger charge is 2.03. The van der Waals surface area contributed by atoms with Gasteiger partial charge in [-0.15, -0.1) is 0 Å². The third-order valence-corrected chi connectivity index (χ3v) is 1.53. The van der Waals surface area contributed by atoms with Crippen molar-refractivity contribution in [2.45, 2.75) is 0 Å². The Morgan fingerprint density at radius 2 is 1.83 bits per heavy atom. The van der Waals surface area contributed by atoms with Gasteiger partial charge in [0.15, 0.2) is 0 Å². The van der Waals surface area contributed by atoms with E-state index in [0.717, 1.165) is 0 Å². The van der Waals surface area contributed by atoms with Crippen molar-refractivity contribution in [3.05, 3.63) is 30.3 Å². The van der Waals surface area contributed by atoms with Crippen molar-refractivity contribution in [2.75, 3.05) is 5.94 Å². The Morgan fingerprint density at radius 1 is 1.25 bits per heavy atom. The van der Waals surface area contributed by atoms with E-state index < -0.39 is 16.1 Å². The van der Waals surface area contributed by atoms with E-state index in [0.29, 0.717) is 5.75 Å². The second kappa shape index (κ2) is 3.55. The zero-order chi connectivity index (χ0) is 9.03. The maximum absolute atomic E-state index is 10.2. The third-order valence-electron chi connectivity index (χ3n) is 1.12. The van der Waals surface area contributed by atoms with Crippen LogP contribution in [0.4, 0.5) is 0 Å². The molecular weight excluding hydrogens is 180 g/mol. The number of ether oxygens (including phenoxy) is 1. The van der Waals surface area contributed by atoms with Crippen molar-refractivity contribution in [2.24, 2.45) is 0 Å². The molecule has 0 spiro atoms. The standard InChI is InChI=1S/C7H8O4S/c8-12(9,10)6-11-7-4-2-1-3-5-7/h1-5H,6H2,(H,8,9,10). The first-order valence-corrected chi connectivity index (χ1v) is 4.82. The van der Waals surface area contributed by atoms with Crippen molar-refractivity contribution < 1.29 is 17.7 Å². The van der Waals surface area contributed by atoms with Crippen LogP contribution >= 0.6 is 0 Å². The third kappa shape index (κ3) is 3.36. The molecule has 12 heavy (non-hydrogen) atoms. The lowest BCUT2D eigenvalue weighted by Gasteiger charge is -2.01. The lowest BCUT2D eigenvalue weighted by molar-refractivity contribution is 0.353. The summed E-state index contributed by atoms with van der Waals surface area (Å²) in [6.07, 6.45) is 0. The Labute approximate surface area is 70.5 Å². The van der Waals surface area contributed by atoms with Crippen LogP contribution in [0.5, 0.6) is 5.75 Å². The maximum atomic E-state index is 10.2. The van der Waals surface area contributed by atoms with Gasteiger partial charge >= 0.3 is 10.1 Å². The molecule has 0 saturated heterocycles. The summed E-state index contributed by atoms with van der Waals surface area (Å²) in [6.45, 7) is 0. The summed E-state index contributed by atoms with van der Waals surface area (Å²) in [7, 11) is -4.04. The molecule has 0 unspecified atom stereocenters. The summed E-state index contributed by atoms with van der Waals surface area (Å²) in [5.74, 6) is -0.299. The summed E-state index contributed by atoms with van der Waals surface area (Å²) in [4.78, 5) is 0. The molecule has 0 atom stereocenters. The van der Waals surface area contributed by atoms with Gasteiger partial charge in [-0.05, 0) is 12.1 Å². The first-order chi connectivity index (χ1) is 5.58. The molecule has 0 heterocycles.